The number of nitrogens with zero attached hydrogens (tertiary/aromatic N) is 1. The van der Waals surface area contributed by atoms with E-state index < -0.39 is 10.0 Å². The summed E-state index contributed by atoms with van der Waals surface area (Å²) < 4.78 is 26.9. The minimum absolute atomic E-state index is 0.139. The predicted molar refractivity (Wildman–Crippen MR) is 119 cm³/mol. The van der Waals surface area contributed by atoms with Crippen LogP contribution in [0.25, 0.3) is 6.08 Å². The smallest absolute Gasteiger partial charge is 0.244 e. The molecule has 1 saturated heterocycles. The lowest BCUT2D eigenvalue weighted by molar-refractivity contribution is -0.124. The van der Waals surface area contributed by atoms with Crippen LogP contribution in [0.4, 0.5) is 0 Å². The molecule has 0 saturated carbocycles. The second-order valence-corrected chi connectivity index (χ2v) is 9.29. The fraction of sp³-hybridized carbons (Fsp3) is 0.304. The summed E-state index contributed by atoms with van der Waals surface area (Å²) in [5.41, 5.74) is 1.68. The van der Waals surface area contributed by atoms with E-state index in [0.717, 1.165) is 30.4 Å². The van der Waals surface area contributed by atoms with Crippen molar-refractivity contribution in [2.45, 2.75) is 30.7 Å². The Kier molecular flexibility index (Phi) is 7.97. The van der Waals surface area contributed by atoms with Gasteiger partial charge in [-0.3, -0.25) is 9.59 Å². The molecule has 1 heterocycles. The Balaban J connectivity index is 1.44. The van der Waals surface area contributed by atoms with E-state index >= 15 is 0 Å². The Morgan fingerprint density at radius 1 is 0.903 bits per heavy atom. The van der Waals surface area contributed by atoms with E-state index in [1.807, 2.05) is 30.3 Å². The monoisotopic (exact) mass is 441 g/mol. The maximum atomic E-state index is 12.7. The van der Waals surface area contributed by atoms with Gasteiger partial charge >= 0.3 is 0 Å². The second kappa shape index (κ2) is 10.9. The average Bonchev–Trinajstić information content (AvgIpc) is 2.81. The van der Waals surface area contributed by atoms with Gasteiger partial charge in [-0.05, 0) is 42.2 Å². The Bertz CT molecular complexity index is 1010. The van der Waals surface area contributed by atoms with Crippen LogP contribution in [0, 0.1) is 0 Å². The van der Waals surface area contributed by atoms with Crippen molar-refractivity contribution in [3.05, 3.63) is 71.8 Å². The normalized spacial score (nSPS) is 15.0. The molecule has 2 aromatic rings. The van der Waals surface area contributed by atoms with Crippen LogP contribution in [0.1, 0.15) is 30.4 Å². The van der Waals surface area contributed by atoms with E-state index in [2.05, 4.69) is 10.6 Å². The third-order valence-electron chi connectivity index (χ3n) is 5.02. The first-order chi connectivity index (χ1) is 14.9. The molecule has 1 aliphatic rings. The largest absolute Gasteiger partial charge is 0.350 e. The second-order valence-electron chi connectivity index (χ2n) is 7.35. The van der Waals surface area contributed by atoms with Gasteiger partial charge in [0.05, 0.1) is 11.4 Å². The van der Waals surface area contributed by atoms with Gasteiger partial charge in [0.15, 0.2) is 0 Å². The van der Waals surface area contributed by atoms with Crippen molar-refractivity contribution in [3.63, 3.8) is 0 Å². The minimum atomic E-state index is -3.46. The number of piperidine rings is 1. The lowest BCUT2D eigenvalue weighted by Crippen LogP contribution is -2.36. The number of nitrogens with one attached hydrogen (secondary N) is 2. The van der Waals surface area contributed by atoms with Crippen LogP contribution in [0.15, 0.2) is 65.6 Å². The highest BCUT2D eigenvalue weighted by Gasteiger charge is 2.25. The molecule has 0 spiro atoms. The molecule has 31 heavy (non-hydrogen) atoms. The Labute approximate surface area is 183 Å². The van der Waals surface area contributed by atoms with Gasteiger partial charge < -0.3 is 10.6 Å². The highest BCUT2D eigenvalue weighted by molar-refractivity contribution is 7.89. The number of sulfonamides is 1. The van der Waals surface area contributed by atoms with Crippen LogP contribution in [0.2, 0.25) is 0 Å². The van der Waals surface area contributed by atoms with Gasteiger partial charge in [-0.15, -0.1) is 0 Å². The molecule has 3 rings (SSSR count). The molecule has 2 N–H and O–H groups in total. The zero-order valence-corrected chi connectivity index (χ0v) is 18.1. The van der Waals surface area contributed by atoms with Gasteiger partial charge in [0.25, 0.3) is 0 Å². The van der Waals surface area contributed by atoms with Gasteiger partial charge in [-0.2, -0.15) is 4.31 Å². The standard InChI is InChI=1S/C23H27N3O4S/c27-22(14-11-19-7-3-1-4-8-19)25-18-23(28)24-17-20-9-12-21(13-10-20)31(29,30)26-15-5-2-6-16-26/h1,3-4,7-14H,2,5-6,15-18H2,(H,24,28)(H,25,27)/b14-11+. The molecule has 2 aromatic carbocycles. The molecule has 0 bridgehead atoms. The molecule has 1 aliphatic heterocycles. The van der Waals surface area contributed by atoms with Crippen molar-refractivity contribution < 1.29 is 18.0 Å². The highest BCUT2D eigenvalue weighted by atomic mass is 32.2. The van der Waals surface area contributed by atoms with Gasteiger partial charge in [0.1, 0.15) is 0 Å². The van der Waals surface area contributed by atoms with Crippen LogP contribution in [-0.4, -0.2) is 44.2 Å². The first-order valence-electron chi connectivity index (χ1n) is 10.3. The minimum Gasteiger partial charge on any atom is -0.350 e. The molecule has 0 aromatic heterocycles. The number of hydrogen-bond donors (Lipinski definition) is 2. The lowest BCUT2D eigenvalue weighted by Gasteiger charge is -2.25. The maximum absolute atomic E-state index is 12.7. The van der Waals surface area contributed by atoms with E-state index in [0.29, 0.717) is 13.1 Å². The topological polar surface area (TPSA) is 95.6 Å². The summed E-state index contributed by atoms with van der Waals surface area (Å²) in [4.78, 5) is 24.1. The zero-order valence-electron chi connectivity index (χ0n) is 17.3. The molecule has 2 amide bonds. The third kappa shape index (κ3) is 6.77. The van der Waals surface area contributed by atoms with Crippen molar-refractivity contribution in [1.29, 1.82) is 0 Å². The number of benzene rings is 2. The summed E-state index contributed by atoms with van der Waals surface area (Å²) in [6.07, 6.45) is 5.90. The van der Waals surface area contributed by atoms with Crippen LogP contribution in [-0.2, 0) is 26.2 Å². The summed E-state index contributed by atoms with van der Waals surface area (Å²) in [7, 11) is -3.46. The Hall–Kier alpha value is -2.97. The number of rotatable bonds is 8. The summed E-state index contributed by atoms with van der Waals surface area (Å²) in [6, 6.07) is 15.9. The lowest BCUT2D eigenvalue weighted by atomic mass is 10.2. The molecule has 1 fully saturated rings. The van der Waals surface area contributed by atoms with E-state index in [1.165, 1.54) is 10.4 Å². The van der Waals surface area contributed by atoms with Gasteiger partial charge in [0.2, 0.25) is 21.8 Å². The van der Waals surface area contributed by atoms with Gasteiger partial charge in [0, 0.05) is 25.7 Å². The molecule has 0 radical (unpaired) electrons. The van der Waals surface area contributed by atoms with E-state index in [1.54, 1.807) is 30.3 Å². The number of carbonyl (C=O) groups is 2. The first kappa shape index (κ1) is 22.7. The molecule has 8 heteroatoms. The summed E-state index contributed by atoms with van der Waals surface area (Å²) in [5, 5.41) is 5.24. The van der Waals surface area contributed by atoms with Crippen LogP contribution in [0.5, 0.6) is 0 Å². The third-order valence-corrected chi connectivity index (χ3v) is 6.93. The zero-order chi connectivity index (χ0) is 22.1. The van der Waals surface area contributed by atoms with Crippen LogP contribution >= 0.6 is 0 Å². The fourth-order valence-electron chi connectivity index (χ4n) is 3.26. The number of amides is 2. The van der Waals surface area contributed by atoms with Gasteiger partial charge in [-0.1, -0.05) is 48.9 Å². The van der Waals surface area contributed by atoms with Crippen molar-refractivity contribution >= 4 is 27.9 Å². The Morgan fingerprint density at radius 2 is 1.58 bits per heavy atom. The summed E-state index contributed by atoms with van der Waals surface area (Å²) in [6.45, 7) is 1.23. The van der Waals surface area contributed by atoms with Gasteiger partial charge in [-0.25, -0.2) is 8.42 Å². The van der Waals surface area contributed by atoms with Crippen LogP contribution < -0.4 is 10.6 Å². The molecular formula is C23H27N3O4S. The molecule has 164 valence electrons. The van der Waals surface area contributed by atoms with Crippen molar-refractivity contribution in [2.75, 3.05) is 19.6 Å². The number of hydrogen-bond acceptors (Lipinski definition) is 4. The fourth-order valence-corrected chi connectivity index (χ4v) is 4.78. The summed E-state index contributed by atoms with van der Waals surface area (Å²) >= 11 is 0. The van der Waals surface area contributed by atoms with Crippen LogP contribution in [0.3, 0.4) is 0 Å². The van der Waals surface area contributed by atoms with Crippen molar-refractivity contribution in [1.82, 2.24) is 14.9 Å². The van der Waals surface area contributed by atoms with Crippen molar-refractivity contribution in [2.24, 2.45) is 0 Å². The molecule has 0 aliphatic carbocycles. The molecular weight excluding hydrogens is 414 g/mol. The van der Waals surface area contributed by atoms with E-state index in [-0.39, 0.29) is 29.8 Å². The van der Waals surface area contributed by atoms with E-state index in [4.69, 9.17) is 0 Å². The highest BCUT2D eigenvalue weighted by Crippen LogP contribution is 2.20. The average molecular weight is 442 g/mol. The Morgan fingerprint density at radius 3 is 2.26 bits per heavy atom. The predicted octanol–water partition coefficient (Wildman–Crippen LogP) is 2.31. The quantitative estimate of drug-likeness (QED) is 0.615. The summed E-state index contributed by atoms with van der Waals surface area (Å²) in [5.74, 6) is -0.683. The SMILES string of the molecule is O=C(/C=C/c1ccccc1)NCC(=O)NCc1ccc(S(=O)(=O)N2CCCCC2)cc1. The van der Waals surface area contributed by atoms with E-state index in [9.17, 15) is 18.0 Å². The van der Waals surface area contributed by atoms with Crippen molar-refractivity contribution in [3.8, 4) is 0 Å². The molecule has 0 atom stereocenters. The number of carbonyl (C=O) groups excluding carboxylic acids is 2. The molecule has 7 nitrogen and oxygen atoms in total. The first-order valence-corrected chi connectivity index (χ1v) is 11.8. The molecule has 0 unspecified atom stereocenters. The maximum Gasteiger partial charge on any atom is 0.244 e.